The van der Waals surface area contributed by atoms with Gasteiger partial charge in [0.25, 0.3) is 0 Å². The molecule has 156 valence electrons. The van der Waals surface area contributed by atoms with Crippen LogP contribution >= 0.6 is 0 Å². The molecule has 3 amide bonds. The van der Waals surface area contributed by atoms with Gasteiger partial charge in [0.2, 0.25) is 12.7 Å². The summed E-state index contributed by atoms with van der Waals surface area (Å²) >= 11 is 0. The van der Waals surface area contributed by atoms with Crippen LogP contribution in [0.2, 0.25) is 0 Å². The highest BCUT2D eigenvalue weighted by molar-refractivity contribution is 6.35. The monoisotopic (exact) mass is 409 g/mol. The number of nitrogens with one attached hydrogen (secondary N) is 1. The van der Waals surface area contributed by atoms with Crippen molar-refractivity contribution in [3.8, 4) is 11.5 Å². The van der Waals surface area contributed by atoms with Crippen molar-refractivity contribution >= 4 is 17.7 Å². The summed E-state index contributed by atoms with van der Waals surface area (Å²) in [7, 11) is 0. The minimum atomic E-state index is -0.645. The molecule has 0 radical (unpaired) electrons. The van der Waals surface area contributed by atoms with Crippen LogP contribution in [-0.4, -0.2) is 53.9 Å². The zero-order valence-corrected chi connectivity index (χ0v) is 16.7. The maximum Gasteiger partial charge on any atom is 0.312 e. The topological polar surface area (TPSA) is 88.2 Å². The lowest BCUT2D eigenvalue weighted by molar-refractivity contribution is -0.157. The van der Waals surface area contributed by atoms with Crippen molar-refractivity contribution in [1.82, 2.24) is 15.1 Å². The molecule has 0 spiro atoms. The number of carbonyl (C=O) groups excluding carboxylic acids is 3. The van der Waals surface area contributed by atoms with Crippen molar-refractivity contribution in [3.63, 3.8) is 0 Å². The lowest BCUT2D eigenvalue weighted by atomic mass is 10.1. The van der Waals surface area contributed by atoms with Crippen LogP contribution < -0.4 is 14.8 Å². The maximum absolute atomic E-state index is 12.5. The standard InChI is InChI=1S/C22H23N3O5/c1-15-4-2-3-5-17(15)12-24-8-9-25(22(28)21(24)27)13-20(26)23-11-16-6-7-18-19(10-16)30-14-29-18/h2-7,10H,8-9,11-14H2,1H3,(H,23,26). The highest BCUT2D eigenvalue weighted by Crippen LogP contribution is 2.32. The molecule has 8 nitrogen and oxygen atoms in total. The van der Waals surface area contributed by atoms with Gasteiger partial charge in [-0.2, -0.15) is 0 Å². The molecule has 0 aromatic heterocycles. The first kappa shape index (κ1) is 19.8. The fourth-order valence-electron chi connectivity index (χ4n) is 3.49. The van der Waals surface area contributed by atoms with Crippen LogP contribution in [0.1, 0.15) is 16.7 Å². The maximum atomic E-state index is 12.5. The number of benzene rings is 2. The first-order valence-electron chi connectivity index (χ1n) is 9.79. The molecule has 30 heavy (non-hydrogen) atoms. The highest BCUT2D eigenvalue weighted by Gasteiger charge is 2.33. The van der Waals surface area contributed by atoms with Gasteiger partial charge in [-0.15, -0.1) is 0 Å². The average Bonchev–Trinajstić information content (AvgIpc) is 3.21. The van der Waals surface area contributed by atoms with E-state index in [0.29, 0.717) is 37.7 Å². The quantitative estimate of drug-likeness (QED) is 0.725. The fraction of sp³-hybridized carbons (Fsp3) is 0.318. The van der Waals surface area contributed by atoms with Crippen LogP contribution in [0.15, 0.2) is 42.5 Å². The number of hydrogen-bond acceptors (Lipinski definition) is 5. The Labute approximate surface area is 174 Å². The molecule has 0 aliphatic carbocycles. The average molecular weight is 409 g/mol. The molecule has 2 aromatic carbocycles. The normalized spacial score (nSPS) is 15.5. The van der Waals surface area contributed by atoms with Crippen LogP contribution in [0.5, 0.6) is 11.5 Å². The Kier molecular flexibility index (Phi) is 5.56. The van der Waals surface area contributed by atoms with Gasteiger partial charge in [0.1, 0.15) is 6.54 Å². The van der Waals surface area contributed by atoms with E-state index in [1.807, 2.05) is 43.3 Å². The lowest BCUT2D eigenvalue weighted by Crippen LogP contribution is -2.55. The van der Waals surface area contributed by atoms with Crippen molar-refractivity contribution in [2.24, 2.45) is 0 Å². The van der Waals surface area contributed by atoms with E-state index in [4.69, 9.17) is 9.47 Å². The van der Waals surface area contributed by atoms with Gasteiger partial charge in [0.15, 0.2) is 11.5 Å². The molecule has 0 bridgehead atoms. The summed E-state index contributed by atoms with van der Waals surface area (Å²) < 4.78 is 10.6. The van der Waals surface area contributed by atoms with E-state index in [0.717, 1.165) is 16.7 Å². The van der Waals surface area contributed by atoms with E-state index >= 15 is 0 Å². The summed E-state index contributed by atoms with van der Waals surface area (Å²) in [6, 6.07) is 13.2. The minimum Gasteiger partial charge on any atom is -0.454 e. The highest BCUT2D eigenvalue weighted by atomic mass is 16.7. The Hall–Kier alpha value is -3.55. The van der Waals surface area contributed by atoms with E-state index in [-0.39, 0.29) is 19.2 Å². The van der Waals surface area contributed by atoms with Gasteiger partial charge in [-0.1, -0.05) is 30.3 Å². The van der Waals surface area contributed by atoms with Crippen LogP contribution in [0.3, 0.4) is 0 Å². The number of piperazine rings is 1. The number of carbonyl (C=O) groups is 3. The Morgan fingerprint density at radius 2 is 1.73 bits per heavy atom. The van der Waals surface area contributed by atoms with Gasteiger partial charge in [0.05, 0.1) is 0 Å². The summed E-state index contributed by atoms with van der Waals surface area (Å²) in [5.74, 6) is -0.215. The summed E-state index contributed by atoms with van der Waals surface area (Å²) in [5.41, 5.74) is 2.94. The molecule has 2 aliphatic rings. The molecule has 2 aromatic rings. The van der Waals surface area contributed by atoms with Gasteiger partial charge < -0.3 is 24.6 Å². The van der Waals surface area contributed by atoms with Crippen LogP contribution in [0, 0.1) is 6.92 Å². The van der Waals surface area contributed by atoms with Crippen LogP contribution in [-0.2, 0) is 27.5 Å². The molecule has 8 heteroatoms. The van der Waals surface area contributed by atoms with E-state index in [2.05, 4.69) is 5.32 Å². The van der Waals surface area contributed by atoms with Crippen LogP contribution in [0.25, 0.3) is 0 Å². The number of hydrogen-bond donors (Lipinski definition) is 1. The molecule has 0 saturated carbocycles. The van der Waals surface area contributed by atoms with E-state index in [1.165, 1.54) is 9.80 Å². The Morgan fingerprint density at radius 1 is 1.00 bits per heavy atom. The zero-order chi connectivity index (χ0) is 21.1. The molecule has 2 aliphatic heterocycles. The summed E-state index contributed by atoms with van der Waals surface area (Å²) in [6.45, 7) is 3.43. The Balaban J connectivity index is 1.29. The molecule has 4 rings (SSSR count). The minimum absolute atomic E-state index is 0.146. The van der Waals surface area contributed by atoms with Crippen molar-refractivity contribution in [2.75, 3.05) is 26.4 Å². The summed E-state index contributed by atoms with van der Waals surface area (Å²) in [6.07, 6.45) is 0. The molecule has 1 N–H and O–H groups in total. The second-order valence-corrected chi connectivity index (χ2v) is 7.34. The van der Waals surface area contributed by atoms with Crippen molar-refractivity contribution in [2.45, 2.75) is 20.0 Å². The zero-order valence-electron chi connectivity index (χ0n) is 16.7. The van der Waals surface area contributed by atoms with Crippen LogP contribution in [0.4, 0.5) is 0 Å². The number of nitrogens with zero attached hydrogens (tertiary/aromatic N) is 2. The number of fused-ring (bicyclic) bond motifs is 1. The molecule has 2 heterocycles. The van der Waals surface area contributed by atoms with Gasteiger partial charge >= 0.3 is 11.8 Å². The number of aryl methyl sites for hydroxylation is 1. The summed E-state index contributed by atoms with van der Waals surface area (Å²) in [5, 5.41) is 2.78. The third-order valence-electron chi connectivity index (χ3n) is 5.28. The smallest absolute Gasteiger partial charge is 0.312 e. The third kappa shape index (κ3) is 4.22. The van der Waals surface area contributed by atoms with Gasteiger partial charge in [-0.3, -0.25) is 14.4 Å². The molecule has 0 atom stereocenters. The second-order valence-electron chi connectivity index (χ2n) is 7.34. The fourth-order valence-corrected chi connectivity index (χ4v) is 3.49. The Morgan fingerprint density at radius 3 is 2.57 bits per heavy atom. The first-order valence-corrected chi connectivity index (χ1v) is 9.79. The number of rotatable bonds is 6. The molecular weight excluding hydrogens is 386 g/mol. The van der Waals surface area contributed by atoms with Crippen molar-refractivity contribution in [3.05, 3.63) is 59.2 Å². The van der Waals surface area contributed by atoms with Gasteiger partial charge in [0, 0.05) is 26.2 Å². The number of amides is 3. The Bertz CT molecular complexity index is 990. The van der Waals surface area contributed by atoms with Gasteiger partial charge in [-0.25, -0.2) is 0 Å². The summed E-state index contributed by atoms with van der Waals surface area (Å²) in [4.78, 5) is 40.1. The van der Waals surface area contributed by atoms with E-state index < -0.39 is 11.8 Å². The first-order chi connectivity index (χ1) is 14.5. The SMILES string of the molecule is Cc1ccccc1CN1CCN(CC(=O)NCc2ccc3c(c2)OCO3)C(=O)C1=O. The molecule has 1 saturated heterocycles. The third-order valence-corrected chi connectivity index (χ3v) is 5.28. The molecule has 0 unspecified atom stereocenters. The molecular formula is C22H23N3O5. The van der Waals surface area contributed by atoms with E-state index in [1.54, 1.807) is 6.07 Å². The largest absolute Gasteiger partial charge is 0.454 e. The number of ether oxygens (including phenoxy) is 2. The van der Waals surface area contributed by atoms with E-state index in [9.17, 15) is 14.4 Å². The second kappa shape index (κ2) is 8.44. The molecule has 1 fully saturated rings. The lowest BCUT2D eigenvalue weighted by Gasteiger charge is -2.33. The van der Waals surface area contributed by atoms with Crippen molar-refractivity contribution < 1.29 is 23.9 Å². The van der Waals surface area contributed by atoms with Crippen molar-refractivity contribution in [1.29, 1.82) is 0 Å². The predicted molar refractivity (Wildman–Crippen MR) is 108 cm³/mol. The van der Waals surface area contributed by atoms with Gasteiger partial charge in [-0.05, 0) is 35.7 Å². The predicted octanol–water partition coefficient (Wildman–Crippen LogP) is 1.21.